The second-order valence-corrected chi connectivity index (χ2v) is 13.0. The lowest BCUT2D eigenvalue weighted by molar-refractivity contribution is -0.136. The van der Waals surface area contributed by atoms with Gasteiger partial charge in [-0.2, -0.15) is 5.48 Å². The molecule has 2 aliphatic carbocycles. The molecule has 2 saturated carbocycles. The molecular weight excluding hydrogens is 488 g/mol. The van der Waals surface area contributed by atoms with E-state index in [-0.39, 0.29) is 23.8 Å². The van der Waals surface area contributed by atoms with Crippen molar-refractivity contribution in [2.24, 2.45) is 16.7 Å². The predicted molar refractivity (Wildman–Crippen MR) is 142 cm³/mol. The third kappa shape index (κ3) is 4.19. The van der Waals surface area contributed by atoms with E-state index in [1.54, 1.807) is 13.2 Å². The first-order valence-corrected chi connectivity index (χ1v) is 14.5. The number of rotatable bonds is 9. The van der Waals surface area contributed by atoms with E-state index in [0.717, 1.165) is 30.4 Å². The van der Waals surface area contributed by atoms with Gasteiger partial charge in [0.1, 0.15) is 11.8 Å². The molecule has 1 aliphatic heterocycles. The number of benzene rings is 2. The summed E-state index contributed by atoms with van der Waals surface area (Å²) in [6.45, 7) is 8.58. The van der Waals surface area contributed by atoms with Crippen LogP contribution in [0.25, 0.3) is 0 Å². The van der Waals surface area contributed by atoms with E-state index in [1.165, 1.54) is 4.31 Å². The first-order valence-electron chi connectivity index (χ1n) is 12.9. The maximum atomic E-state index is 14.3. The summed E-state index contributed by atoms with van der Waals surface area (Å²) in [5, 5.41) is 0. The molecule has 8 heteroatoms. The maximum absolute atomic E-state index is 14.3. The van der Waals surface area contributed by atoms with Gasteiger partial charge in [0.2, 0.25) is 10.0 Å². The minimum Gasteiger partial charge on any atom is -0.497 e. The highest BCUT2D eigenvalue weighted by Gasteiger charge is 2.72. The summed E-state index contributed by atoms with van der Waals surface area (Å²) in [4.78, 5) is 20.1. The highest BCUT2D eigenvalue weighted by atomic mass is 32.2. The number of hydroxylamine groups is 1. The molecule has 7 nitrogen and oxygen atoms in total. The zero-order valence-electron chi connectivity index (χ0n) is 21.7. The standard InChI is InChI=1S/C29H36N2O5S/c1-5-24(21-11-13-23(35-4)14-12-21)26(30-36-18-20-9-7-6-8-10-20)27(32)31-25-17-22-15-16-29(25,28(22,2)3)19-37(31,33)34/h5-14,22,24-26,30H,1,15-19H2,2-4H3/t22-,24+,25-,26+,29-/m1/s1. The van der Waals surface area contributed by atoms with E-state index >= 15 is 0 Å². The smallest absolute Gasteiger partial charge is 0.256 e. The quantitative estimate of drug-likeness (QED) is 0.386. The summed E-state index contributed by atoms with van der Waals surface area (Å²) < 4.78 is 33.7. The summed E-state index contributed by atoms with van der Waals surface area (Å²) in [7, 11) is -2.19. The molecule has 2 aromatic rings. The summed E-state index contributed by atoms with van der Waals surface area (Å²) in [6.07, 6.45) is 4.25. The molecular formula is C29H36N2O5S. The number of nitrogens with zero attached hydrogens (tertiary/aromatic N) is 1. The lowest BCUT2D eigenvalue weighted by Crippen LogP contribution is -2.53. The van der Waals surface area contributed by atoms with Crippen molar-refractivity contribution in [3.63, 3.8) is 0 Å². The number of carbonyl (C=O) groups excluding carboxylic acids is 1. The van der Waals surface area contributed by atoms with Crippen LogP contribution in [0.1, 0.15) is 50.2 Å². The van der Waals surface area contributed by atoms with Gasteiger partial charge in [-0.15, -0.1) is 6.58 Å². The fourth-order valence-corrected chi connectivity index (χ4v) is 9.64. The van der Waals surface area contributed by atoms with E-state index in [4.69, 9.17) is 9.57 Å². The number of ether oxygens (including phenoxy) is 1. The predicted octanol–water partition coefficient (Wildman–Crippen LogP) is 4.42. The number of sulfonamides is 1. The normalized spacial score (nSPS) is 28.5. The molecule has 1 amide bonds. The van der Waals surface area contributed by atoms with Gasteiger partial charge < -0.3 is 4.74 Å². The van der Waals surface area contributed by atoms with Crippen LogP contribution in [0.5, 0.6) is 5.75 Å². The van der Waals surface area contributed by atoms with Crippen LogP contribution in [0, 0.1) is 16.7 Å². The third-order valence-corrected chi connectivity index (χ3v) is 11.2. The second-order valence-electron chi connectivity index (χ2n) is 11.2. The number of carbonyl (C=O) groups is 1. The van der Waals surface area contributed by atoms with Crippen molar-refractivity contribution >= 4 is 15.9 Å². The minimum atomic E-state index is -3.78. The van der Waals surface area contributed by atoms with Gasteiger partial charge in [-0.05, 0) is 53.9 Å². The number of methoxy groups -OCH3 is 1. The zero-order chi connectivity index (χ0) is 26.4. The van der Waals surface area contributed by atoms with Gasteiger partial charge in [-0.3, -0.25) is 9.63 Å². The largest absolute Gasteiger partial charge is 0.497 e. The molecule has 3 fully saturated rings. The number of hydrogen-bond donors (Lipinski definition) is 1. The molecule has 5 atom stereocenters. The van der Waals surface area contributed by atoms with Crippen LogP contribution in [-0.4, -0.2) is 43.6 Å². The first-order chi connectivity index (χ1) is 17.6. The Hall–Kier alpha value is -2.68. The number of hydrogen-bond acceptors (Lipinski definition) is 6. The van der Waals surface area contributed by atoms with E-state index in [9.17, 15) is 13.2 Å². The van der Waals surface area contributed by atoms with Gasteiger partial charge in [0.15, 0.2) is 0 Å². The fourth-order valence-electron chi connectivity index (χ4n) is 7.07. The average Bonchev–Trinajstić information content (AvgIpc) is 3.37. The van der Waals surface area contributed by atoms with Crippen molar-refractivity contribution in [2.75, 3.05) is 12.9 Å². The molecule has 0 unspecified atom stereocenters. The van der Waals surface area contributed by atoms with Crippen molar-refractivity contribution in [1.29, 1.82) is 0 Å². The van der Waals surface area contributed by atoms with Crippen LogP contribution in [0.3, 0.4) is 0 Å². The molecule has 2 bridgehead atoms. The Kier molecular flexibility index (Phi) is 6.71. The molecule has 5 rings (SSSR count). The molecule has 1 heterocycles. The number of nitrogens with one attached hydrogen (secondary N) is 1. The Morgan fingerprint density at radius 2 is 1.89 bits per heavy atom. The van der Waals surface area contributed by atoms with Gasteiger partial charge in [-0.25, -0.2) is 12.7 Å². The zero-order valence-corrected chi connectivity index (χ0v) is 22.5. The van der Waals surface area contributed by atoms with Crippen molar-refractivity contribution in [2.45, 2.75) is 57.7 Å². The Morgan fingerprint density at radius 1 is 1.19 bits per heavy atom. The summed E-state index contributed by atoms with van der Waals surface area (Å²) in [6, 6.07) is 15.7. The van der Waals surface area contributed by atoms with E-state index in [1.807, 2.05) is 54.6 Å². The highest BCUT2D eigenvalue weighted by Crippen LogP contribution is 2.70. The van der Waals surface area contributed by atoms with Crippen molar-refractivity contribution < 1.29 is 22.8 Å². The molecule has 0 aromatic heterocycles. The first kappa shape index (κ1) is 25.9. The van der Waals surface area contributed by atoms with Gasteiger partial charge in [0.25, 0.3) is 5.91 Å². The monoisotopic (exact) mass is 524 g/mol. The molecule has 3 aliphatic rings. The van der Waals surface area contributed by atoms with Crippen LogP contribution < -0.4 is 10.2 Å². The van der Waals surface area contributed by atoms with Crippen LogP contribution in [0.2, 0.25) is 0 Å². The fraction of sp³-hybridized carbons (Fsp3) is 0.483. The summed E-state index contributed by atoms with van der Waals surface area (Å²) >= 11 is 0. The maximum Gasteiger partial charge on any atom is 0.256 e. The second kappa shape index (κ2) is 9.57. The van der Waals surface area contributed by atoms with Crippen molar-refractivity contribution in [3.8, 4) is 5.75 Å². The number of amides is 1. The molecule has 37 heavy (non-hydrogen) atoms. The Balaban J connectivity index is 1.47. The molecule has 1 N–H and O–H groups in total. The lowest BCUT2D eigenvalue weighted by atomic mass is 9.69. The van der Waals surface area contributed by atoms with Gasteiger partial charge in [0.05, 0.1) is 25.5 Å². The average molecular weight is 525 g/mol. The Bertz CT molecular complexity index is 1260. The van der Waals surface area contributed by atoms with Crippen LogP contribution in [-0.2, 0) is 26.3 Å². The van der Waals surface area contributed by atoms with E-state index in [2.05, 4.69) is 25.9 Å². The molecule has 2 aromatic carbocycles. The number of fused-ring (bicyclic) bond motifs is 1. The molecule has 1 spiro atoms. The lowest BCUT2D eigenvalue weighted by Gasteiger charge is -2.38. The van der Waals surface area contributed by atoms with Crippen LogP contribution in [0.15, 0.2) is 67.3 Å². The molecule has 1 saturated heterocycles. The SMILES string of the molecule is C=C[C@@H](c1ccc(OC)cc1)[C@H](NOCc1ccccc1)C(=O)N1[C@@H]2C[C@H]3CC[C@]2(CS1(=O)=O)C3(C)C. The van der Waals surface area contributed by atoms with Crippen molar-refractivity contribution in [3.05, 3.63) is 78.4 Å². The minimum absolute atomic E-state index is 0.0266. The molecule has 0 radical (unpaired) electrons. The Labute approximate surface area is 219 Å². The summed E-state index contributed by atoms with van der Waals surface area (Å²) in [5.74, 6) is 0.127. The van der Waals surface area contributed by atoms with Gasteiger partial charge in [0, 0.05) is 11.3 Å². The van der Waals surface area contributed by atoms with Crippen molar-refractivity contribution in [1.82, 2.24) is 9.79 Å². The third-order valence-electron chi connectivity index (χ3n) is 9.30. The summed E-state index contributed by atoms with van der Waals surface area (Å²) in [5.41, 5.74) is 4.17. The highest BCUT2D eigenvalue weighted by molar-refractivity contribution is 7.90. The molecule has 198 valence electrons. The van der Waals surface area contributed by atoms with Crippen LogP contribution >= 0.6 is 0 Å². The van der Waals surface area contributed by atoms with Gasteiger partial charge in [-0.1, -0.05) is 62.4 Å². The van der Waals surface area contributed by atoms with Crippen LogP contribution in [0.4, 0.5) is 0 Å². The van der Waals surface area contributed by atoms with Gasteiger partial charge >= 0.3 is 0 Å². The van der Waals surface area contributed by atoms with E-state index in [0.29, 0.717) is 11.7 Å². The van der Waals surface area contributed by atoms with E-state index < -0.39 is 33.3 Å². The topological polar surface area (TPSA) is 84.9 Å². The Morgan fingerprint density at radius 3 is 2.51 bits per heavy atom.